The maximum absolute atomic E-state index is 14.4. The largest absolute Gasteiger partial charge is 0.480 e. The van der Waals surface area contributed by atoms with E-state index in [2.05, 4.69) is 64.9 Å². The predicted octanol–water partition coefficient (Wildman–Crippen LogP) is 6.42. The molecule has 3 aliphatic rings. The molecule has 2 aliphatic heterocycles. The van der Waals surface area contributed by atoms with Gasteiger partial charge in [-0.25, -0.2) is 4.39 Å². The lowest BCUT2D eigenvalue weighted by molar-refractivity contribution is -0.146. The Kier molecular flexibility index (Phi) is 9.29. The van der Waals surface area contributed by atoms with Crippen molar-refractivity contribution in [3.63, 3.8) is 0 Å². The van der Waals surface area contributed by atoms with Crippen LogP contribution in [0.1, 0.15) is 80.2 Å². The van der Waals surface area contributed by atoms with Crippen molar-refractivity contribution in [2.45, 2.75) is 76.8 Å². The lowest BCUT2D eigenvalue weighted by atomic mass is 9.73. The number of carbonyl (C=O) groups is 1. The minimum absolute atomic E-state index is 0.127. The molecule has 3 aromatic rings. The molecule has 3 heterocycles. The van der Waals surface area contributed by atoms with E-state index in [1.54, 1.807) is 12.1 Å². The van der Waals surface area contributed by atoms with Gasteiger partial charge in [-0.3, -0.25) is 14.4 Å². The topological polar surface area (TPSA) is 61.6 Å². The summed E-state index contributed by atoms with van der Waals surface area (Å²) in [6.07, 6.45) is 8.63. The van der Waals surface area contributed by atoms with Gasteiger partial charge < -0.3 is 10.0 Å². The number of carboxylic acids is 1. The highest BCUT2D eigenvalue weighted by Crippen LogP contribution is 2.41. The first-order valence-corrected chi connectivity index (χ1v) is 16.4. The van der Waals surface area contributed by atoms with Crippen LogP contribution in [0.25, 0.3) is 0 Å². The highest BCUT2D eigenvalue weighted by atomic mass is 19.1. The number of hydrogen-bond donors (Lipinski definition) is 1. The van der Waals surface area contributed by atoms with Crippen LogP contribution in [0.5, 0.6) is 0 Å². The second-order valence-corrected chi connectivity index (χ2v) is 13.3. The molecule has 0 amide bonds. The molecule has 3 fully saturated rings. The number of aromatic nitrogens is 2. The molecule has 6 nitrogen and oxygen atoms in total. The minimum atomic E-state index is -0.710. The van der Waals surface area contributed by atoms with Crippen LogP contribution in [-0.2, 0) is 17.8 Å². The number of rotatable bonds is 11. The summed E-state index contributed by atoms with van der Waals surface area (Å²) in [5.74, 6) is 0.574. The van der Waals surface area contributed by atoms with Crippen molar-refractivity contribution in [3.8, 4) is 0 Å². The van der Waals surface area contributed by atoms with Crippen molar-refractivity contribution in [1.82, 2.24) is 19.6 Å². The third-order valence-electron chi connectivity index (χ3n) is 10.7. The summed E-state index contributed by atoms with van der Waals surface area (Å²) in [6.45, 7) is 9.54. The number of hydrogen-bond acceptors (Lipinski definition) is 4. The van der Waals surface area contributed by atoms with E-state index in [0.29, 0.717) is 18.4 Å². The Morgan fingerprint density at radius 3 is 2.47 bits per heavy atom. The summed E-state index contributed by atoms with van der Waals surface area (Å²) >= 11 is 0. The van der Waals surface area contributed by atoms with E-state index in [9.17, 15) is 14.3 Å². The van der Waals surface area contributed by atoms with E-state index < -0.39 is 12.0 Å². The number of nitrogens with zero attached hydrogens (tertiary/aromatic N) is 4. The first-order valence-electron chi connectivity index (χ1n) is 16.4. The Morgan fingerprint density at radius 2 is 1.81 bits per heavy atom. The lowest BCUT2D eigenvalue weighted by Crippen LogP contribution is -2.48. The van der Waals surface area contributed by atoms with Crippen LogP contribution in [0.15, 0.2) is 60.8 Å². The highest BCUT2D eigenvalue weighted by Gasteiger charge is 2.44. The Labute approximate surface area is 255 Å². The fourth-order valence-corrected chi connectivity index (χ4v) is 8.20. The summed E-state index contributed by atoms with van der Waals surface area (Å²) in [6, 6.07) is 17.2. The molecule has 2 saturated heterocycles. The van der Waals surface area contributed by atoms with E-state index in [4.69, 9.17) is 5.10 Å². The molecule has 7 heteroatoms. The zero-order chi connectivity index (χ0) is 29.9. The second kappa shape index (κ2) is 13.3. The lowest BCUT2D eigenvalue weighted by Gasteiger charge is -2.38. The smallest absolute Gasteiger partial charge is 0.321 e. The average Bonchev–Trinajstić information content (AvgIpc) is 3.57. The van der Waals surface area contributed by atoms with Gasteiger partial charge in [-0.15, -0.1) is 0 Å². The maximum Gasteiger partial charge on any atom is 0.321 e. The molecule has 2 aromatic carbocycles. The Hall–Kier alpha value is -3.03. The highest BCUT2D eigenvalue weighted by molar-refractivity contribution is 5.74. The predicted molar refractivity (Wildman–Crippen MR) is 168 cm³/mol. The van der Waals surface area contributed by atoms with Gasteiger partial charge in [-0.2, -0.15) is 5.10 Å². The number of piperidine rings is 1. The maximum atomic E-state index is 14.4. The fourth-order valence-electron chi connectivity index (χ4n) is 8.20. The molecular weight excluding hydrogens is 539 g/mol. The van der Waals surface area contributed by atoms with Crippen LogP contribution >= 0.6 is 0 Å². The third-order valence-corrected chi connectivity index (χ3v) is 10.7. The fraction of sp³-hybridized carbons (Fsp3) is 0.556. The van der Waals surface area contributed by atoms with E-state index >= 15 is 0 Å². The molecule has 1 aromatic heterocycles. The number of benzene rings is 2. The summed E-state index contributed by atoms with van der Waals surface area (Å²) in [7, 11) is 0. The molecule has 0 spiro atoms. The molecule has 43 heavy (non-hydrogen) atoms. The van der Waals surface area contributed by atoms with E-state index in [-0.39, 0.29) is 23.6 Å². The number of carboxylic acid groups (broad SMARTS) is 1. The van der Waals surface area contributed by atoms with Gasteiger partial charge in [0.1, 0.15) is 11.9 Å². The van der Waals surface area contributed by atoms with Crippen LogP contribution in [0.3, 0.4) is 0 Å². The van der Waals surface area contributed by atoms with Gasteiger partial charge in [-0.1, -0.05) is 68.7 Å². The number of halogens is 1. The van der Waals surface area contributed by atoms with Gasteiger partial charge >= 0.3 is 5.97 Å². The Morgan fingerprint density at radius 1 is 1.05 bits per heavy atom. The Balaban J connectivity index is 1.16. The summed E-state index contributed by atoms with van der Waals surface area (Å²) in [4.78, 5) is 17.4. The van der Waals surface area contributed by atoms with Crippen molar-refractivity contribution in [1.29, 1.82) is 0 Å². The number of aryl methyl sites for hydroxylation is 1. The summed E-state index contributed by atoms with van der Waals surface area (Å²) in [5, 5.41) is 15.1. The quantitative estimate of drug-likeness (QED) is 0.281. The van der Waals surface area contributed by atoms with Gasteiger partial charge in [0.25, 0.3) is 0 Å². The van der Waals surface area contributed by atoms with Crippen molar-refractivity contribution >= 4 is 5.97 Å². The first-order chi connectivity index (χ1) is 20.9. The van der Waals surface area contributed by atoms with Crippen molar-refractivity contribution in [2.24, 2.45) is 17.8 Å². The average molecular weight is 587 g/mol. The van der Waals surface area contributed by atoms with Crippen LogP contribution in [0.4, 0.5) is 4.39 Å². The summed E-state index contributed by atoms with van der Waals surface area (Å²) < 4.78 is 16.6. The van der Waals surface area contributed by atoms with Crippen LogP contribution in [-0.4, -0.2) is 69.4 Å². The summed E-state index contributed by atoms with van der Waals surface area (Å²) in [5.41, 5.74) is 5.05. The van der Waals surface area contributed by atoms with Crippen molar-refractivity contribution in [2.75, 3.05) is 32.7 Å². The van der Waals surface area contributed by atoms with E-state index in [1.165, 1.54) is 29.3 Å². The third kappa shape index (κ3) is 6.58. The van der Waals surface area contributed by atoms with Crippen LogP contribution < -0.4 is 0 Å². The van der Waals surface area contributed by atoms with E-state index in [1.807, 2.05) is 6.07 Å². The molecule has 1 aliphatic carbocycles. The first kappa shape index (κ1) is 30.0. The molecule has 0 unspecified atom stereocenters. The van der Waals surface area contributed by atoms with Gasteiger partial charge in [0.05, 0.1) is 6.20 Å². The van der Waals surface area contributed by atoms with Crippen LogP contribution in [0, 0.1) is 23.6 Å². The molecule has 1 N–H and O–H groups in total. The van der Waals surface area contributed by atoms with Crippen molar-refractivity contribution < 1.29 is 14.3 Å². The van der Waals surface area contributed by atoms with Crippen LogP contribution in [0.2, 0.25) is 0 Å². The molecular formula is C36H47FN4O2. The monoisotopic (exact) mass is 586 g/mol. The minimum Gasteiger partial charge on any atom is -0.480 e. The standard InChI is InChI=1S/C36H47FN4O2/c1-3-41-35(30(21-38-41)19-26-9-5-4-6-10-26)28-15-17-39(18-16-28)22-31-23-40(24-33(31)29-13-8-14-32(37)20-29)34(36(42)43)25(2)27-11-7-12-27/h4-6,8-10,13-14,20-21,25,27-28,31,33-34H,3,7,11-12,15-19,22-24H2,1-2H3,(H,42,43)/t25-,31+,33-,34-/m1/s1. The van der Waals surface area contributed by atoms with E-state index in [0.717, 1.165) is 70.4 Å². The molecule has 0 radical (unpaired) electrons. The van der Waals surface area contributed by atoms with Gasteiger partial charge in [0.2, 0.25) is 0 Å². The van der Waals surface area contributed by atoms with Gasteiger partial charge in [0.15, 0.2) is 0 Å². The zero-order valence-corrected chi connectivity index (χ0v) is 25.7. The Bertz CT molecular complexity index is 1360. The van der Waals surface area contributed by atoms with Gasteiger partial charge in [0, 0.05) is 50.1 Å². The number of likely N-dealkylation sites (tertiary alicyclic amines) is 2. The van der Waals surface area contributed by atoms with Crippen molar-refractivity contribution in [3.05, 3.63) is 89.0 Å². The van der Waals surface area contributed by atoms with Gasteiger partial charge in [-0.05, 0) is 79.4 Å². The molecule has 4 atom stereocenters. The molecule has 1 saturated carbocycles. The number of aliphatic carboxylic acids is 1. The second-order valence-electron chi connectivity index (χ2n) is 13.3. The SMILES string of the molecule is CCn1ncc(Cc2ccccc2)c1C1CCN(C[C@H]2CN([C@@H](C(=O)O)[C@H](C)C3CCC3)C[C@@H]2c2cccc(F)c2)CC1. The molecule has 0 bridgehead atoms. The molecule has 6 rings (SSSR count). The zero-order valence-electron chi connectivity index (χ0n) is 25.7. The normalized spacial score (nSPS) is 23.7. The molecule has 230 valence electrons.